The van der Waals surface area contributed by atoms with Crippen LogP contribution in [0.2, 0.25) is 0 Å². The second-order valence-electron chi connectivity index (χ2n) is 6.61. The van der Waals surface area contributed by atoms with Crippen LogP contribution < -0.4 is 14.8 Å². The topological polar surface area (TPSA) is 107 Å². The predicted molar refractivity (Wildman–Crippen MR) is 103 cm³/mol. The molecule has 0 spiro atoms. The van der Waals surface area contributed by atoms with Gasteiger partial charge in [-0.3, -0.25) is 14.1 Å². The minimum absolute atomic E-state index is 0.0745. The van der Waals surface area contributed by atoms with Crippen LogP contribution in [0.1, 0.15) is 31.8 Å². The Hall–Kier alpha value is -3.43. The third-order valence-corrected chi connectivity index (χ3v) is 5.75. The molecule has 0 bridgehead atoms. The van der Waals surface area contributed by atoms with E-state index in [2.05, 4.69) is 0 Å². The van der Waals surface area contributed by atoms with E-state index in [0.29, 0.717) is 5.46 Å². The number of carbonyl (C=O) groups is 2. The smallest absolute Gasteiger partial charge is 0.519 e. The highest BCUT2D eigenvalue weighted by Crippen LogP contribution is 2.46. The zero-order valence-electron chi connectivity index (χ0n) is 14.7. The molecule has 1 N–H and O–H groups in total. The molecule has 3 aromatic rings. The maximum atomic E-state index is 13.1. The van der Waals surface area contributed by atoms with E-state index in [-0.39, 0.29) is 33.8 Å². The second-order valence-corrected chi connectivity index (χ2v) is 8.00. The Kier molecular flexibility index (Phi) is 3.67. The van der Waals surface area contributed by atoms with Crippen LogP contribution in [0.3, 0.4) is 0 Å². The van der Waals surface area contributed by atoms with Gasteiger partial charge in [-0.15, -0.1) is 0 Å². The summed E-state index contributed by atoms with van der Waals surface area (Å²) in [4.78, 5) is 25.5. The molecule has 0 saturated carbocycles. The Morgan fingerprint density at radius 2 is 1.34 bits per heavy atom. The molecule has 9 heteroatoms. The van der Waals surface area contributed by atoms with Crippen molar-refractivity contribution in [2.75, 3.05) is 0 Å². The summed E-state index contributed by atoms with van der Waals surface area (Å²) in [6.07, 6.45) is 0. The van der Waals surface area contributed by atoms with E-state index in [1.807, 2.05) is 0 Å². The van der Waals surface area contributed by atoms with Crippen LogP contribution in [-0.2, 0) is 10.1 Å². The number of carbonyl (C=O) groups excluding carboxylic acids is 2. The maximum absolute atomic E-state index is 13.1. The van der Waals surface area contributed by atoms with Gasteiger partial charge in [0.2, 0.25) is 0 Å². The van der Waals surface area contributed by atoms with Gasteiger partial charge in [-0.1, -0.05) is 54.6 Å². The highest BCUT2D eigenvalue weighted by atomic mass is 32.2. The van der Waals surface area contributed by atoms with Gasteiger partial charge in [0.15, 0.2) is 23.1 Å². The summed E-state index contributed by atoms with van der Waals surface area (Å²) in [5, 5.41) is 0. The first-order valence-corrected chi connectivity index (χ1v) is 10.1. The minimum atomic E-state index is -4.75. The van der Waals surface area contributed by atoms with Crippen molar-refractivity contribution >= 4 is 34.3 Å². The van der Waals surface area contributed by atoms with Crippen LogP contribution >= 0.6 is 0 Å². The Labute approximate surface area is 165 Å². The molecule has 0 atom stereocenters. The largest absolute Gasteiger partial charge is 0.632 e. The molecule has 5 rings (SSSR count). The van der Waals surface area contributed by atoms with Gasteiger partial charge >= 0.3 is 7.12 Å². The van der Waals surface area contributed by atoms with Crippen molar-refractivity contribution in [2.24, 2.45) is 0 Å². The first-order valence-electron chi connectivity index (χ1n) is 8.61. The lowest BCUT2D eigenvalue weighted by molar-refractivity contribution is 0.0977. The molecule has 2 aliphatic rings. The van der Waals surface area contributed by atoms with E-state index >= 15 is 0 Å². The summed E-state index contributed by atoms with van der Waals surface area (Å²) in [5.74, 6) is -1.47. The van der Waals surface area contributed by atoms with Gasteiger partial charge in [-0.2, -0.15) is 8.42 Å². The van der Waals surface area contributed by atoms with Crippen LogP contribution in [0.25, 0.3) is 0 Å². The zero-order valence-corrected chi connectivity index (χ0v) is 15.5. The van der Waals surface area contributed by atoms with Crippen molar-refractivity contribution in [1.82, 2.24) is 0 Å². The van der Waals surface area contributed by atoms with Crippen molar-refractivity contribution in [3.05, 3.63) is 82.9 Å². The number of hydrogen-bond acceptors (Lipinski definition) is 6. The summed E-state index contributed by atoms with van der Waals surface area (Å²) in [7, 11) is -5.78. The molecular weight excluding hydrogens is 395 g/mol. The number of fused-ring (bicyclic) bond motifs is 4. The highest BCUT2D eigenvalue weighted by Gasteiger charge is 2.44. The summed E-state index contributed by atoms with van der Waals surface area (Å²) in [6, 6.07) is 15.9. The van der Waals surface area contributed by atoms with Gasteiger partial charge in [0.1, 0.15) is 4.90 Å². The molecule has 0 radical (unpaired) electrons. The van der Waals surface area contributed by atoms with Gasteiger partial charge in [0.25, 0.3) is 10.1 Å². The molecule has 1 aliphatic carbocycles. The molecule has 0 unspecified atom stereocenters. The fraction of sp³-hybridized carbons (Fsp3) is 0. The molecule has 0 fully saturated rings. The van der Waals surface area contributed by atoms with E-state index in [9.17, 15) is 22.6 Å². The number of ketones is 2. The van der Waals surface area contributed by atoms with Gasteiger partial charge in [-0.25, -0.2) is 0 Å². The average Bonchev–Trinajstić information content (AvgIpc) is 3.16. The summed E-state index contributed by atoms with van der Waals surface area (Å²) >= 11 is 0. The lowest BCUT2D eigenvalue weighted by Crippen LogP contribution is -2.39. The van der Waals surface area contributed by atoms with Gasteiger partial charge in [0, 0.05) is 22.2 Å². The summed E-state index contributed by atoms with van der Waals surface area (Å²) < 4.78 is 45.1. The molecule has 0 saturated heterocycles. The van der Waals surface area contributed by atoms with Gasteiger partial charge in [0.05, 0.1) is 5.56 Å². The molecule has 1 aliphatic heterocycles. The average molecular weight is 406 g/mol. The van der Waals surface area contributed by atoms with Crippen LogP contribution in [-0.4, -0.2) is 31.7 Å². The van der Waals surface area contributed by atoms with Gasteiger partial charge in [-0.05, 0) is 6.07 Å². The standard InChI is InChI=1S/C20H11BO7S/c22-17-12-8-4-5-9-13(12)18(23)16-14(17)10-15(29(24,25)26)19-20(16)28-21(27-19)11-6-2-1-3-7-11/h1-10H,(H,24,25,26). The predicted octanol–water partition coefficient (Wildman–Crippen LogP) is 1.88. The summed E-state index contributed by atoms with van der Waals surface area (Å²) in [5.41, 5.74) is 0.698. The van der Waals surface area contributed by atoms with Crippen LogP contribution in [0.5, 0.6) is 11.5 Å². The molecular formula is C20H11BO7S. The lowest BCUT2D eigenvalue weighted by Gasteiger charge is -2.20. The molecule has 3 aromatic carbocycles. The number of rotatable bonds is 2. The lowest BCUT2D eigenvalue weighted by atomic mass is 9.79. The van der Waals surface area contributed by atoms with Crippen molar-refractivity contribution in [2.45, 2.75) is 4.90 Å². The van der Waals surface area contributed by atoms with E-state index in [1.165, 1.54) is 12.1 Å². The SMILES string of the molecule is O=C1c2ccccc2C(=O)c2c1cc(S(=O)(=O)O)c1c2OB(c2ccccc2)O1. The van der Waals surface area contributed by atoms with E-state index < -0.39 is 33.7 Å². The Morgan fingerprint density at radius 3 is 2.00 bits per heavy atom. The third-order valence-electron chi connectivity index (χ3n) is 4.89. The van der Waals surface area contributed by atoms with Crippen LogP contribution in [0.15, 0.2) is 65.6 Å². The fourth-order valence-electron chi connectivity index (χ4n) is 3.58. The third kappa shape index (κ3) is 2.59. The fourth-order valence-corrected chi connectivity index (χ4v) is 4.22. The normalized spacial score (nSPS) is 14.6. The van der Waals surface area contributed by atoms with Gasteiger partial charge < -0.3 is 9.31 Å². The van der Waals surface area contributed by atoms with Crippen LogP contribution in [0.4, 0.5) is 0 Å². The first-order chi connectivity index (χ1) is 13.9. The van der Waals surface area contributed by atoms with E-state index in [1.54, 1.807) is 42.5 Å². The van der Waals surface area contributed by atoms with E-state index in [4.69, 9.17) is 9.31 Å². The molecule has 0 aromatic heterocycles. The Morgan fingerprint density at radius 1 is 0.759 bits per heavy atom. The number of hydrogen-bond donors (Lipinski definition) is 1. The Bertz CT molecular complexity index is 1320. The molecule has 1 heterocycles. The highest BCUT2D eigenvalue weighted by molar-refractivity contribution is 7.86. The quantitative estimate of drug-likeness (QED) is 0.400. The van der Waals surface area contributed by atoms with Crippen LogP contribution in [0, 0.1) is 0 Å². The monoisotopic (exact) mass is 406 g/mol. The second kappa shape index (κ2) is 6.03. The summed E-state index contributed by atoms with van der Waals surface area (Å²) in [6.45, 7) is 0. The van der Waals surface area contributed by atoms with Crippen molar-refractivity contribution in [3.8, 4) is 11.5 Å². The maximum Gasteiger partial charge on any atom is 0.632 e. The van der Waals surface area contributed by atoms with Crippen molar-refractivity contribution < 1.29 is 31.9 Å². The number of benzene rings is 3. The first kappa shape index (κ1) is 17.7. The zero-order chi connectivity index (χ0) is 20.3. The van der Waals surface area contributed by atoms with Crippen molar-refractivity contribution in [3.63, 3.8) is 0 Å². The molecule has 0 amide bonds. The molecule has 142 valence electrons. The minimum Gasteiger partial charge on any atom is -0.519 e. The van der Waals surface area contributed by atoms with Crippen molar-refractivity contribution in [1.29, 1.82) is 0 Å². The molecule has 7 nitrogen and oxygen atoms in total. The van der Waals surface area contributed by atoms with E-state index in [0.717, 1.165) is 6.07 Å². The Balaban J connectivity index is 1.77. The molecule has 29 heavy (non-hydrogen) atoms.